The minimum atomic E-state index is -0.369. The Balaban J connectivity index is 1.56. The molecule has 0 spiro atoms. The average Bonchev–Trinajstić information content (AvgIpc) is 3.19. The molecule has 3 heterocycles. The number of amides is 2. The molecule has 0 radical (unpaired) electrons. The Bertz CT molecular complexity index is 1290. The molecule has 1 unspecified atom stereocenters. The molecule has 2 aliphatic rings. The average molecular weight is 577 g/mol. The van der Waals surface area contributed by atoms with Gasteiger partial charge in [0.05, 0.1) is 25.2 Å². The number of nitrogens with two attached hydrogens (primary N) is 1. The summed E-state index contributed by atoms with van der Waals surface area (Å²) in [7, 11) is 0. The highest BCUT2D eigenvalue weighted by Crippen LogP contribution is 2.33. The minimum Gasteiger partial charge on any atom is -0.398 e. The lowest BCUT2D eigenvalue weighted by molar-refractivity contribution is -0.130. The largest absolute Gasteiger partial charge is 0.398 e. The lowest BCUT2D eigenvalue weighted by atomic mass is 9.85. The maximum atomic E-state index is 13.3. The van der Waals surface area contributed by atoms with Gasteiger partial charge in [0.1, 0.15) is 17.4 Å². The van der Waals surface area contributed by atoms with Crippen LogP contribution in [0.15, 0.2) is 24.8 Å². The topological polar surface area (TPSA) is 138 Å². The van der Waals surface area contributed by atoms with Crippen molar-refractivity contribution < 1.29 is 14.3 Å². The second-order valence-electron chi connectivity index (χ2n) is 10.9. The van der Waals surface area contributed by atoms with Crippen LogP contribution in [0.25, 0.3) is 0 Å². The summed E-state index contributed by atoms with van der Waals surface area (Å²) in [6.45, 7) is 11.6. The van der Waals surface area contributed by atoms with Crippen molar-refractivity contribution in [2.45, 2.75) is 57.7 Å². The number of carbonyl (C=O) groups excluding carboxylic acids is 2. The highest BCUT2D eigenvalue weighted by molar-refractivity contribution is 6.32. The van der Waals surface area contributed by atoms with Crippen LogP contribution in [0.1, 0.15) is 67.1 Å². The first-order valence-electron chi connectivity index (χ1n) is 12.9. The number of hydrogen-bond acceptors (Lipinski definition) is 6. The number of ether oxygens (including phenoxy) is 1. The maximum absolute atomic E-state index is 13.3. The summed E-state index contributed by atoms with van der Waals surface area (Å²) in [4.78, 5) is 31.2. The fraction of sp³-hybridized carbons (Fsp3) is 0.481. The van der Waals surface area contributed by atoms with E-state index in [1.165, 1.54) is 6.08 Å². The van der Waals surface area contributed by atoms with Crippen LogP contribution in [0.5, 0.6) is 0 Å². The third kappa shape index (κ3) is 6.23. The first-order valence-corrected chi connectivity index (χ1v) is 13.6. The van der Waals surface area contributed by atoms with Gasteiger partial charge in [-0.25, -0.2) is 4.98 Å². The van der Waals surface area contributed by atoms with Crippen LogP contribution < -0.4 is 16.4 Å². The molecule has 1 atom stereocenters. The number of nitrogens with one attached hydrogen (secondary N) is 3. The Hall–Kier alpha value is -3.08. The van der Waals surface area contributed by atoms with Crippen LogP contribution in [-0.4, -0.2) is 64.4 Å². The van der Waals surface area contributed by atoms with Gasteiger partial charge in [0.2, 0.25) is 5.91 Å². The first-order chi connectivity index (χ1) is 18.4. The van der Waals surface area contributed by atoms with Crippen LogP contribution in [0, 0.1) is 5.41 Å². The second kappa shape index (κ2) is 11.6. The van der Waals surface area contributed by atoms with E-state index < -0.39 is 0 Å². The fourth-order valence-electron chi connectivity index (χ4n) is 4.87. The number of imidazole rings is 1. The number of benzene rings is 1. The normalized spacial score (nSPS) is 17.9. The van der Waals surface area contributed by atoms with Gasteiger partial charge in [-0.3, -0.25) is 15.0 Å². The third-order valence-electron chi connectivity index (χ3n) is 7.00. The van der Waals surface area contributed by atoms with Gasteiger partial charge < -0.3 is 30.6 Å². The Labute approximate surface area is 238 Å². The zero-order valence-electron chi connectivity index (χ0n) is 22.4. The quantitative estimate of drug-likeness (QED) is 0.172. The summed E-state index contributed by atoms with van der Waals surface area (Å²) in [5.41, 5.74) is 8.01. The molecule has 0 saturated carbocycles. The molecule has 2 saturated heterocycles. The molecular formula is C27H35Cl2N7O3. The fourth-order valence-corrected chi connectivity index (χ4v) is 5.60. The molecule has 2 aromatic rings. The number of halogens is 2. The van der Waals surface area contributed by atoms with Crippen molar-refractivity contribution in [3.8, 4) is 0 Å². The molecule has 1 aromatic heterocycles. The van der Waals surface area contributed by atoms with E-state index in [1.54, 1.807) is 11.0 Å². The molecule has 0 aliphatic carbocycles. The van der Waals surface area contributed by atoms with Crippen LogP contribution in [0.4, 0.5) is 5.69 Å². The number of hydrogen-bond donors (Lipinski definition) is 4. The Kier molecular flexibility index (Phi) is 8.58. The monoisotopic (exact) mass is 575 g/mol. The van der Waals surface area contributed by atoms with Gasteiger partial charge in [0, 0.05) is 36.0 Å². The summed E-state index contributed by atoms with van der Waals surface area (Å²) in [5, 5.41) is 15.4. The van der Waals surface area contributed by atoms with Gasteiger partial charge in [-0.05, 0) is 42.0 Å². The van der Waals surface area contributed by atoms with Gasteiger partial charge in [-0.2, -0.15) is 0 Å². The van der Waals surface area contributed by atoms with E-state index in [9.17, 15) is 9.59 Å². The molecule has 12 heteroatoms. The highest BCUT2D eigenvalue weighted by atomic mass is 35.5. The van der Waals surface area contributed by atoms with Gasteiger partial charge in [-0.15, -0.1) is 0 Å². The third-order valence-corrected chi connectivity index (χ3v) is 7.58. The van der Waals surface area contributed by atoms with Crippen molar-refractivity contribution in [3.05, 3.63) is 57.6 Å². The van der Waals surface area contributed by atoms with E-state index in [1.807, 2.05) is 31.4 Å². The second-order valence-corrected chi connectivity index (χ2v) is 11.7. The van der Waals surface area contributed by atoms with Crippen LogP contribution in [-0.2, 0) is 21.5 Å². The van der Waals surface area contributed by atoms with Gasteiger partial charge in [0.25, 0.3) is 5.91 Å². The summed E-state index contributed by atoms with van der Waals surface area (Å²) in [5.74, 6) is 0.0697. The molecule has 2 aliphatic heterocycles. The van der Waals surface area contributed by atoms with E-state index >= 15 is 0 Å². The maximum Gasteiger partial charge on any atom is 0.271 e. The summed E-state index contributed by atoms with van der Waals surface area (Å²) in [6, 6.07) is 3.17. The molecule has 2 amide bonds. The van der Waals surface area contributed by atoms with Gasteiger partial charge in [-0.1, -0.05) is 50.6 Å². The van der Waals surface area contributed by atoms with Crippen molar-refractivity contribution in [2.75, 3.05) is 32.0 Å². The van der Waals surface area contributed by atoms with E-state index in [0.717, 1.165) is 18.4 Å². The van der Waals surface area contributed by atoms with Crippen LogP contribution in [0.2, 0.25) is 10.2 Å². The summed E-state index contributed by atoms with van der Waals surface area (Å²) >= 11 is 13.0. The van der Waals surface area contributed by atoms with Gasteiger partial charge >= 0.3 is 0 Å². The molecule has 1 aromatic carbocycles. The van der Waals surface area contributed by atoms with E-state index in [4.69, 9.17) is 39.1 Å². The highest BCUT2D eigenvalue weighted by Gasteiger charge is 2.34. The minimum absolute atomic E-state index is 0.0702. The summed E-state index contributed by atoms with van der Waals surface area (Å²) < 4.78 is 7.51. The molecular weight excluding hydrogens is 541 g/mol. The number of rotatable bonds is 7. The van der Waals surface area contributed by atoms with Crippen molar-refractivity contribution in [1.82, 2.24) is 25.1 Å². The number of anilines is 1. The van der Waals surface area contributed by atoms with Crippen molar-refractivity contribution >= 4 is 46.5 Å². The number of likely N-dealkylation sites (tertiary alicyclic amines) is 1. The predicted octanol–water partition coefficient (Wildman–Crippen LogP) is 3.66. The summed E-state index contributed by atoms with van der Waals surface area (Å²) in [6.07, 6.45) is 2.88. The van der Waals surface area contributed by atoms with Crippen LogP contribution in [0.3, 0.4) is 0 Å². The molecule has 4 rings (SSSR count). The van der Waals surface area contributed by atoms with E-state index in [2.05, 4.69) is 22.2 Å². The molecule has 5 N–H and O–H groups in total. The molecule has 10 nitrogen and oxygen atoms in total. The lowest BCUT2D eigenvalue weighted by Gasteiger charge is -2.39. The number of amidine groups is 1. The Morgan fingerprint density at radius 3 is 2.64 bits per heavy atom. The van der Waals surface area contributed by atoms with Gasteiger partial charge in [0.15, 0.2) is 5.15 Å². The van der Waals surface area contributed by atoms with E-state index in [-0.39, 0.29) is 52.5 Å². The zero-order valence-corrected chi connectivity index (χ0v) is 24.0. The lowest BCUT2D eigenvalue weighted by Crippen LogP contribution is -2.60. The SMILES string of the molecule is C=CC(=O)N1CC(NC(=O)c2c(Cl)nc(CNC(=N)c3cc(C(C)(C)C)c(Cl)cc3N)n2C2CCCOC2)C1. The Morgan fingerprint density at radius 2 is 2.03 bits per heavy atom. The zero-order chi connectivity index (χ0) is 28.5. The standard InChI is InChI=1S/C27H35Cl2N7O3/c1-5-22(37)35-12-15(13-35)33-26(38)23-24(29)34-21(36(23)16-7-6-8-39-14-16)11-32-25(31)17-9-18(27(2,3)4)19(28)10-20(17)30/h5,9-10,15-16H,1,6-8,11-14,30H2,2-4H3,(H2,31,32)(H,33,38). The predicted molar refractivity (Wildman–Crippen MR) is 153 cm³/mol. The number of aromatic nitrogens is 2. The molecule has 0 bridgehead atoms. The number of nitrogens with zero attached hydrogens (tertiary/aromatic N) is 3. The van der Waals surface area contributed by atoms with Crippen molar-refractivity contribution in [2.24, 2.45) is 0 Å². The molecule has 2 fully saturated rings. The number of carbonyl (C=O) groups is 2. The number of nitrogen functional groups attached to an aromatic ring is 1. The smallest absolute Gasteiger partial charge is 0.271 e. The van der Waals surface area contributed by atoms with Crippen molar-refractivity contribution in [3.63, 3.8) is 0 Å². The van der Waals surface area contributed by atoms with E-state index in [0.29, 0.717) is 48.4 Å². The Morgan fingerprint density at radius 1 is 1.31 bits per heavy atom. The first kappa shape index (κ1) is 28.9. The molecule has 210 valence electrons. The van der Waals surface area contributed by atoms with Crippen molar-refractivity contribution in [1.29, 1.82) is 5.41 Å². The van der Waals surface area contributed by atoms with Crippen LogP contribution >= 0.6 is 23.2 Å². The molecule has 39 heavy (non-hydrogen) atoms.